The van der Waals surface area contributed by atoms with Gasteiger partial charge in [-0.05, 0) is 55.5 Å². The summed E-state index contributed by atoms with van der Waals surface area (Å²) in [6.07, 6.45) is 1.84. The first kappa shape index (κ1) is 15.3. The number of thiophene rings is 1. The van der Waals surface area contributed by atoms with E-state index < -0.39 is 0 Å². The predicted molar refractivity (Wildman–Crippen MR) is 103 cm³/mol. The Labute approximate surface area is 151 Å². The SMILES string of the molecule is Cc1ccc([C@H]2[C@@H](c3ccccn3)NC(=S)N2c2ccccc2)s1. The van der Waals surface area contributed by atoms with Crippen LogP contribution in [0.2, 0.25) is 0 Å². The molecular weight excluding hydrogens is 334 g/mol. The number of para-hydroxylation sites is 1. The van der Waals surface area contributed by atoms with E-state index >= 15 is 0 Å². The van der Waals surface area contributed by atoms with E-state index in [0.29, 0.717) is 0 Å². The van der Waals surface area contributed by atoms with E-state index in [2.05, 4.69) is 52.5 Å². The maximum Gasteiger partial charge on any atom is 0.174 e. The van der Waals surface area contributed by atoms with Gasteiger partial charge in [0.05, 0.1) is 17.8 Å². The quantitative estimate of drug-likeness (QED) is 0.697. The van der Waals surface area contributed by atoms with Crippen molar-refractivity contribution < 1.29 is 0 Å². The van der Waals surface area contributed by atoms with E-state index in [1.165, 1.54) is 9.75 Å². The molecule has 3 nitrogen and oxygen atoms in total. The van der Waals surface area contributed by atoms with Gasteiger partial charge in [-0.3, -0.25) is 4.98 Å². The largest absolute Gasteiger partial charge is 0.351 e. The topological polar surface area (TPSA) is 28.2 Å². The van der Waals surface area contributed by atoms with Gasteiger partial charge in [0, 0.05) is 21.6 Å². The lowest BCUT2D eigenvalue weighted by molar-refractivity contribution is 0.575. The van der Waals surface area contributed by atoms with Crippen molar-refractivity contribution in [3.8, 4) is 0 Å². The summed E-state index contributed by atoms with van der Waals surface area (Å²) >= 11 is 7.49. The number of hydrogen-bond donors (Lipinski definition) is 1. The van der Waals surface area contributed by atoms with Crippen molar-refractivity contribution in [1.82, 2.24) is 10.3 Å². The Kier molecular flexibility index (Phi) is 4.04. The smallest absolute Gasteiger partial charge is 0.174 e. The molecule has 0 unspecified atom stereocenters. The van der Waals surface area contributed by atoms with Crippen molar-refractivity contribution >= 4 is 34.4 Å². The van der Waals surface area contributed by atoms with E-state index in [4.69, 9.17) is 12.2 Å². The summed E-state index contributed by atoms with van der Waals surface area (Å²) in [4.78, 5) is 9.36. The molecule has 1 aliphatic heterocycles. The number of benzene rings is 1. The zero-order chi connectivity index (χ0) is 16.5. The number of aryl methyl sites for hydroxylation is 1. The molecular formula is C19H17N3S2. The van der Waals surface area contributed by atoms with Crippen LogP contribution in [-0.2, 0) is 0 Å². The van der Waals surface area contributed by atoms with Crippen LogP contribution >= 0.6 is 23.6 Å². The number of aromatic nitrogens is 1. The van der Waals surface area contributed by atoms with Gasteiger partial charge in [-0.25, -0.2) is 0 Å². The predicted octanol–water partition coefficient (Wildman–Crippen LogP) is 4.63. The molecule has 0 saturated carbocycles. The van der Waals surface area contributed by atoms with Crippen molar-refractivity contribution in [2.45, 2.75) is 19.0 Å². The summed E-state index contributed by atoms with van der Waals surface area (Å²) in [5.41, 5.74) is 2.11. The van der Waals surface area contributed by atoms with Gasteiger partial charge in [0.25, 0.3) is 0 Å². The highest BCUT2D eigenvalue weighted by Crippen LogP contribution is 2.43. The highest BCUT2D eigenvalue weighted by atomic mass is 32.1. The molecule has 1 N–H and O–H groups in total. The molecule has 24 heavy (non-hydrogen) atoms. The summed E-state index contributed by atoms with van der Waals surface area (Å²) in [6.45, 7) is 2.14. The first-order valence-corrected chi connectivity index (χ1v) is 9.08. The van der Waals surface area contributed by atoms with Gasteiger partial charge in [-0.1, -0.05) is 24.3 Å². The fourth-order valence-electron chi connectivity index (χ4n) is 3.12. The highest BCUT2D eigenvalue weighted by molar-refractivity contribution is 7.80. The molecule has 0 spiro atoms. The molecule has 1 saturated heterocycles. The second kappa shape index (κ2) is 6.34. The van der Waals surface area contributed by atoms with E-state index in [1.807, 2.05) is 47.9 Å². The zero-order valence-electron chi connectivity index (χ0n) is 13.2. The molecule has 120 valence electrons. The van der Waals surface area contributed by atoms with E-state index in [0.717, 1.165) is 16.5 Å². The van der Waals surface area contributed by atoms with Crippen molar-refractivity contribution in [2.75, 3.05) is 4.90 Å². The number of nitrogens with one attached hydrogen (secondary N) is 1. The number of nitrogens with zero attached hydrogens (tertiary/aromatic N) is 2. The Bertz CT molecular complexity index is 845. The fraction of sp³-hybridized carbons (Fsp3) is 0.158. The standard InChI is InChI=1S/C19H17N3S2/c1-13-10-11-16(24-13)18-17(15-9-5-6-12-20-15)21-19(23)22(18)14-7-3-2-4-8-14/h2-12,17-18H,1H3,(H,21,23)/t17-,18+/m1/s1. The molecule has 4 rings (SSSR count). The van der Waals surface area contributed by atoms with Gasteiger partial charge in [0.2, 0.25) is 0 Å². The Morgan fingerprint density at radius 2 is 1.83 bits per heavy atom. The number of thiocarbonyl (C=S) groups is 1. The third kappa shape index (κ3) is 2.70. The molecule has 3 aromatic rings. The molecule has 3 heterocycles. The van der Waals surface area contributed by atoms with Crippen LogP contribution in [-0.4, -0.2) is 10.1 Å². The lowest BCUT2D eigenvalue weighted by Gasteiger charge is -2.26. The van der Waals surface area contributed by atoms with Crippen LogP contribution in [0.1, 0.15) is 27.5 Å². The number of hydrogen-bond acceptors (Lipinski definition) is 3. The zero-order valence-corrected chi connectivity index (χ0v) is 14.8. The Balaban J connectivity index is 1.82. The number of rotatable bonds is 3. The normalized spacial score (nSPS) is 20.2. The minimum Gasteiger partial charge on any atom is -0.351 e. The molecule has 2 aromatic heterocycles. The Hall–Kier alpha value is -2.24. The highest BCUT2D eigenvalue weighted by Gasteiger charge is 2.41. The van der Waals surface area contributed by atoms with Crippen molar-refractivity contribution in [3.63, 3.8) is 0 Å². The molecule has 1 aliphatic rings. The van der Waals surface area contributed by atoms with Gasteiger partial charge >= 0.3 is 0 Å². The molecule has 1 fully saturated rings. The molecule has 0 aliphatic carbocycles. The number of anilines is 1. The molecule has 2 atom stereocenters. The molecule has 0 radical (unpaired) electrons. The Morgan fingerprint density at radius 3 is 2.50 bits per heavy atom. The van der Waals surface area contributed by atoms with Crippen molar-refractivity contribution in [1.29, 1.82) is 0 Å². The molecule has 1 aromatic carbocycles. The van der Waals surface area contributed by atoms with Crippen molar-refractivity contribution in [3.05, 3.63) is 82.3 Å². The van der Waals surface area contributed by atoms with Crippen LogP contribution in [0.15, 0.2) is 66.9 Å². The van der Waals surface area contributed by atoms with Crippen LogP contribution in [0.3, 0.4) is 0 Å². The average molecular weight is 352 g/mol. The van der Waals surface area contributed by atoms with Crippen LogP contribution in [0.25, 0.3) is 0 Å². The van der Waals surface area contributed by atoms with Gasteiger partial charge in [0.15, 0.2) is 5.11 Å². The summed E-state index contributed by atoms with van der Waals surface area (Å²) in [5.74, 6) is 0. The minimum absolute atomic E-state index is 0.0388. The monoisotopic (exact) mass is 351 g/mol. The third-order valence-electron chi connectivity index (χ3n) is 4.19. The van der Waals surface area contributed by atoms with E-state index in [9.17, 15) is 0 Å². The lowest BCUT2D eigenvalue weighted by Crippen LogP contribution is -2.28. The van der Waals surface area contributed by atoms with Gasteiger partial charge in [-0.2, -0.15) is 0 Å². The van der Waals surface area contributed by atoms with E-state index in [-0.39, 0.29) is 12.1 Å². The van der Waals surface area contributed by atoms with Gasteiger partial charge < -0.3 is 10.2 Å². The van der Waals surface area contributed by atoms with Crippen LogP contribution < -0.4 is 10.2 Å². The maximum absolute atomic E-state index is 5.68. The summed E-state index contributed by atoms with van der Waals surface area (Å²) < 4.78 is 0. The van der Waals surface area contributed by atoms with Crippen molar-refractivity contribution in [2.24, 2.45) is 0 Å². The summed E-state index contributed by atoms with van der Waals surface area (Å²) in [5, 5.41) is 4.22. The van der Waals surface area contributed by atoms with E-state index in [1.54, 1.807) is 0 Å². The number of pyridine rings is 1. The fourth-order valence-corrected chi connectivity index (χ4v) is 4.47. The average Bonchev–Trinajstić information content (AvgIpc) is 3.19. The van der Waals surface area contributed by atoms with Crippen LogP contribution in [0.5, 0.6) is 0 Å². The van der Waals surface area contributed by atoms with Crippen LogP contribution in [0, 0.1) is 6.92 Å². The first-order chi connectivity index (χ1) is 11.7. The summed E-state index contributed by atoms with van der Waals surface area (Å²) in [6, 6.07) is 20.8. The minimum atomic E-state index is 0.0388. The molecule has 5 heteroatoms. The van der Waals surface area contributed by atoms with Gasteiger partial charge in [0.1, 0.15) is 0 Å². The molecule has 0 bridgehead atoms. The summed E-state index contributed by atoms with van der Waals surface area (Å²) in [7, 11) is 0. The Morgan fingerprint density at radius 1 is 1.04 bits per heavy atom. The third-order valence-corrected chi connectivity index (χ3v) is 5.57. The van der Waals surface area contributed by atoms with Crippen LogP contribution in [0.4, 0.5) is 5.69 Å². The lowest BCUT2D eigenvalue weighted by atomic mass is 10.0. The first-order valence-electron chi connectivity index (χ1n) is 7.86. The maximum atomic E-state index is 5.68. The second-order valence-electron chi connectivity index (χ2n) is 5.78. The molecule has 0 amide bonds. The van der Waals surface area contributed by atoms with Gasteiger partial charge in [-0.15, -0.1) is 11.3 Å². The second-order valence-corrected chi connectivity index (χ2v) is 7.49.